The number of pyridine rings is 1. The number of hydrogen-bond acceptors (Lipinski definition) is 9. The highest BCUT2D eigenvalue weighted by Crippen LogP contribution is 2.36. The fourth-order valence-electron chi connectivity index (χ4n) is 3.43. The molecule has 0 amide bonds. The second-order valence-electron chi connectivity index (χ2n) is 9.02. The summed E-state index contributed by atoms with van der Waals surface area (Å²) in [7, 11) is 3.08. The first-order valence-corrected chi connectivity index (χ1v) is 13.0. The van der Waals surface area contributed by atoms with Gasteiger partial charge in [-0.1, -0.05) is 29.3 Å². The van der Waals surface area contributed by atoms with Crippen LogP contribution in [0.25, 0.3) is 0 Å². The molecule has 0 aliphatic heterocycles. The predicted octanol–water partition coefficient (Wildman–Crippen LogP) is 5.79. The smallest absolute Gasteiger partial charge is 0.348 e. The first kappa shape index (κ1) is 29.2. The van der Waals surface area contributed by atoms with E-state index in [9.17, 15) is 9.90 Å². The standard InChI is InChI=1S/C26H30Cl2N2O6S/c1-26(2,3)36-25(32)30-12-16-7-9-23(37-16)24(31)35-21(11-17-18(27)13-29-14-19(17)28)15-6-8-20(33-4)22(10-15)34-5/h6-10,13-14,21,25,30,32H,11-12H2,1-5H3/t21-,25?/m0/s1. The van der Waals surface area contributed by atoms with E-state index in [1.54, 1.807) is 37.4 Å². The van der Waals surface area contributed by atoms with Gasteiger partial charge in [0.2, 0.25) is 6.41 Å². The molecular weight excluding hydrogens is 539 g/mol. The fraction of sp³-hybridized carbons (Fsp3) is 0.385. The zero-order valence-electron chi connectivity index (χ0n) is 21.2. The van der Waals surface area contributed by atoms with Gasteiger partial charge in [0.1, 0.15) is 11.0 Å². The zero-order valence-corrected chi connectivity index (χ0v) is 23.5. The maximum Gasteiger partial charge on any atom is 0.348 e. The molecule has 2 N–H and O–H groups in total. The average molecular weight is 570 g/mol. The molecule has 2 atom stereocenters. The summed E-state index contributed by atoms with van der Waals surface area (Å²) < 4.78 is 22.2. The van der Waals surface area contributed by atoms with Crippen molar-refractivity contribution in [2.75, 3.05) is 14.2 Å². The van der Waals surface area contributed by atoms with Gasteiger partial charge in [0.25, 0.3) is 0 Å². The molecule has 3 aromatic rings. The molecule has 37 heavy (non-hydrogen) atoms. The number of nitrogens with one attached hydrogen (secondary N) is 1. The molecule has 11 heteroatoms. The van der Waals surface area contributed by atoms with Crippen molar-refractivity contribution in [2.45, 2.75) is 51.9 Å². The van der Waals surface area contributed by atoms with Crippen molar-refractivity contribution in [3.63, 3.8) is 0 Å². The van der Waals surface area contributed by atoms with Crippen LogP contribution in [0.4, 0.5) is 0 Å². The summed E-state index contributed by atoms with van der Waals surface area (Å²) in [5, 5.41) is 13.6. The van der Waals surface area contributed by atoms with Crippen LogP contribution in [-0.4, -0.2) is 42.3 Å². The molecule has 0 aliphatic rings. The molecule has 0 spiro atoms. The minimum atomic E-state index is -1.14. The van der Waals surface area contributed by atoms with E-state index in [4.69, 9.17) is 42.1 Å². The lowest BCUT2D eigenvalue weighted by molar-refractivity contribution is -0.182. The van der Waals surface area contributed by atoms with Crippen LogP contribution < -0.4 is 14.8 Å². The van der Waals surface area contributed by atoms with Gasteiger partial charge in [0, 0.05) is 30.2 Å². The van der Waals surface area contributed by atoms with E-state index < -0.39 is 24.1 Å². The summed E-state index contributed by atoms with van der Waals surface area (Å²) in [6.07, 6.45) is 1.34. The van der Waals surface area contributed by atoms with Crippen molar-refractivity contribution < 1.29 is 28.8 Å². The van der Waals surface area contributed by atoms with Crippen molar-refractivity contribution >= 4 is 40.5 Å². The monoisotopic (exact) mass is 568 g/mol. The topological polar surface area (TPSA) is 99.1 Å². The average Bonchev–Trinajstić information content (AvgIpc) is 3.32. The van der Waals surface area contributed by atoms with Crippen LogP contribution in [0.3, 0.4) is 0 Å². The number of methoxy groups -OCH3 is 2. The molecular formula is C26H30Cl2N2O6S. The molecule has 200 valence electrons. The molecule has 0 aliphatic carbocycles. The van der Waals surface area contributed by atoms with E-state index in [2.05, 4.69) is 10.3 Å². The Hall–Kier alpha value is -2.40. The lowest BCUT2D eigenvalue weighted by atomic mass is 10.0. The van der Waals surface area contributed by atoms with Crippen molar-refractivity contribution in [3.8, 4) is 11.5 Å². The highest BCUT2D eigenvalue weighted by Gasteiger charge is 2.24. The second kappa shape index (κ2) is 12.9. The molecule has 0 radical (unpaired) electrons. The summed E-state index contributed by atoms with van der Waals surface area (Å²) in [6, 6.07) is 8.76. The van der Waals surface area contributed by atoms with Crippen molar-refractivity contribution in [1.29, 1.82) is 0 Å². The molecule has 2 aromatic heterocycles. The van der Waals surface area contributed by atoms with Gasteiger partial charge in [0.05, 0.1) is 29.9 Å². The number of nitrogens with zero attached hydrogens (tertiary/aromatic N) is 1. The largest absolute Gasteiger partial charge is 0.493 e. The number of ether oxygens (including phenoxy) is 4. The first-order valence-electron chi connectivity index (χ1n) is 11.4. The third kappa shape index (κ3) is 8.29. The van der Waals surface area contributed by atoms with E-state index in [-0.39, 0.29) is 6.42 Å². The predicted molar refractivity (Wildman–Crippen MR) is 144 cm³/mol. The van der Waals surface area contributed by atoms with Crippen LogP contribution in [0, 0.1) is 0 Å². The highest BCUT2D eigenvalue weighted by molar-refractivity contribution is 7.13. The number of aromatic nitrogens is 1. The SMILES string of the molecule is COc1ccc([C@H](Cc2c(Cl)cncc2Cl)OC(=O)c2ccc(CNC(O)OC(C)(C)C)s2)cc1OC. The number of carbonyl (C=O) groups excluding carboxylic acids is 1. The molecule has 3 rings (SSSR count). The number of carbonyl (C=O) groups is 1. The Morgan fingerprint density at radius 1 is 1.08 bits per heavy atom. The van der Waals surface area contributed by atoms with E-state index >= 15 is 0 Å². The Bertz CT molecular complexity index is 1190. The third-order valence-corrected chi connectivity index (χ3v) is 6.87. The van der Waals surface area contributed by atoms with Crippen molar-refractivity contribution in [3.05, 3.63) is 73.7 Å². The Labute approximate surface area is 230 Å². The fourth-order valence-corrected chi connectivity index (χ4v) is 4.79. The molecule has 8 nitrogen and oxygen atoms in total. The minimum Gasteiger partial charge on any atom is -0.493 e. The number of aliphatic hydroxyl groups is 1. The van der Waals surface area contributed by atoms with Gasteiger partial charge in [-0.15, -0.1) is 11.3 Å². The van der Waals surface area contributed by atoms with Gasteiger partial charge in [-0.2, -0.15) is 0 Å². The molecule has 0 bridgehead atoms. The number of benzene rings is 1. The molecule has 0 fully saturated rings. The summed E-state index contributed by atoms with van der Waals surface area (Å²) in [5.74, 6) is 0.529. The number of thiophene rings is 1. The van der Waals surface area contributed by atoms with Gasteiger partial charge < -0.3 is 24.1 Å². The number of hydrogen-bond donors (Lipinski definition) is 2. The number of esters is 1. The molecule has 1 aromatic carbocycles. The van der Waals surface area contributed by atoms with E-state index in [1.165, 1.54) is 30.8 Å². The van der Waals surface area contributed by atoms with Crippen molar-refractivity contribution in [1.82, 2.24) is 10.3 Å². The zero-order chi connectivity index (χ0) is 27.2. The Balaban J connectivity index is 1.80. The Morgan fingerprint density at radius 2 is 1.76 bits per heavy atom. The summed E-state index contributed by atoms with van der Waals surface area (Å²) in [4.78, 5) is 18.4. The van der Waals surface area contributed by atoms with Crippen LogP contribution >= 0.6 is 34.5 Å². The van der Waals surface area contributed by atoms with Crippen LogP contribution in [0.5, 0.6) is 11.5 Å². The lowest BCUT2D eigenvalue weighted by Gasteiger charge is -2.24. The van der Waals surface area contributed by atoms with Gasteiger partial charge in [-0.3, -0.25) is 10.3 Å². The van der Waals surface area contributed by atoms with Crippen LogP contribution in [0.2, 0.25) is 10.0 Å². The molecule has 2 heterocycles. The summed E-state index contributed by atoms with van der Waals surface area (Å²) in [6.45, 7) is 5.85. The Kier molecular flexibility index (Phi) is 10.2. The molecule has 0 saturated carbocycles. The van der Waals surface area contributed by atoms with Gasteiger partial charge >= 0.3 is 5.97 Å². The third-order valence-electron chi connectivity index (χ3n) is 5.15. The van der Waals surface area contributed by atoms with Gasteiger partial charge in [-0.05, 0) is 56.2 Å². The van der Waals surface area contributed by atoms with Crippen LogP contribution in [0.15, 0.2) is 42.7 Å². The first-order chi connectivity index (χ1) is 17.5. The van der Waals surface area contributed by atoms with Crippen LogP contribution in [0.1, 0.15) is 52.6 Å². The van der Waals surface area contributed by atoms with E-state index in [0.717, 1.165) is 4.88 Å². The van der Waals surface area contributed by atoms with E-state index in [1.807, 2.05) is 20.8 Å². The minimum absolute atomic E-state index is 0.220. The molecule has 1 unspecified atom stereocenters. The van der Waals surface area contributed by atoms with Gasteiger partial charge in [-0.25, -0.2) is 4.79 Å². The maximum atomic E-state index is 13.2. The van der Waals surface area contributed by atoms with Crippen molar-refractivity contribution in [2.24, 2.45) is 0 Å². The normalized spacial score (nSPS) is 13.2. The molecule has 0 saturated heterocycles. The lowest BCUT2D eigenvalue weighted by Crippen LogP contribution is -2.37. The van der Waals surface area contributed by atoms with Gasteiger partial charge in [0.15, 0.2) is 11.5 Å². The second-order valence-corrected chi connectivity index (χ2v) is 11.0. The van der Waals surface area contributed by atoms with E-state index in [0.29, 0.717) is 44.1 Å². The number of halogens is 2. The highest BCUT2D eigenvalue weighted by atomic mass is 35.5. The quantitative estimate of drug-likeness (QED) is 0.221. The summed E-state index contributed by atoms with van der Waals surface area (Å²) in [5.41, 5.74) is 0.780. The summed E-state index contributed by atoms with van der Waals surface area (Å²) >= 11 is 14.0. The van der Waals surface area contributed by atoms with Crippen LogP contribution in [-0.2, 0) is 22.4 Å². The number of rotatable bonds is 11. The Morgan fingerprint density at radius 3 is 2.38 bits per heavy atom. The maximum absolute atomic E-state index is 13.2. The number of aliphatic hydroxyl groups excluding tert-OH is 1.